The van der Waals surface area contributed by atoms with Gasteiger partial charge < -0.3 is 1.43 Å². The maximum absolute atomic E-state index is 10.1. The molecule has 0 aliphatic heterocycles. The van der Waals surface area contributed by atoms with Crippen molar-refractivity contribution in [3.05, 3.63) is 0 Å². The Morgan fingerprint density at radius 3 is 2.62 bits per heavy atom. The first-order chi connectivity index (χ1) is 3.31. The smallest absolute Gasteiger partial charge is 1.00 e. The van der Waals surface area contributed by atoms with E-state index in [0.29, 0.717) is 6.42 Å². The Hall–Kier alpha value is 0.596. The maximum Gasteiger partial charge on any atom is 1.00 e. The number of hydrogen-bond acceptors (Lipinski definition) is 2. The first-order valence-corrected chi connectivity index (χ1v) is 1.99. The molecule has 0 heterocycles. The van der Waals surface area contributed by atoms with Crippen LogP contribution in [0.5, 0.6) is 0 Å². The van der Waals surface area contributed by atoms with Gasteiger partial charge in [0, 0.05) is 6.42 Å². The number of rotatable bonds is 1. The number of nitriles is 1. The van der Waals surface area contributed by atoms with Gasteiger partial charge in [-0.05, 0) is 0 Å². The molecule has 4 heteroatoms. The molecule has 1 amide bonds. The fourth-order valence-corrected chi connectivity index (χ4v) is 0.151. The summed E-state index contributed by atoms with van der Waals surface area (Å²) in [4.78, 5) is 10.1. The number of nitrogens with one attached hydrogen (secondary N) is 1. The Morgan fingerprint density at radius 1 is 2.00 bits per heavy atom. The largest absolute Gasteiger partial charge is 1.00 e. The van der Waals surface area contributed by atoms with Crippen molar-refractivity contribution >= 4 is 5.91 Å². The summed E-state index contributed by atoms with van der Waals surface area (Å²) in [6.45, 7) is 1.69. The molecule has 0 aromatic rings. The van der Waals surface area contributed by atoms with Gasteiger partial charge in [0.1, 0.15) is 0 Å². The SMILES string of the molecule is CCC(=O)NC#N.[H-].[K+]. The molecule has 0 spiro atoms. The van der Waals surface area contributed by atoms with E-state index in [-0.39, 0.29) is 58.7 Å². The van der Waals surface area contributed by atoms with Crippen molar-refractivity contribution in [2.24, 2.45) is 0 Å². The first kappa shape index (κ1) is 11.4. The van der Waals surface area contributed by atoms with Gasteiger partial charge in [-0.15, -0.1) is 0 Å². The zero-order valence-corrected chi connectivity index (χ0v) is 8.19. The van der Waals surface area contributed by atoms with Crippen molar-refractivity contribution in [2.45, 2.75) is 13.3 Å². The molecule has 1 N–H and O–H groups in total. The molecule has 0 aromatic heterocycles. The van der Waals surface area contributed by atoms with Crippen molar-refractivity contribution in [3.63, 3.8) is 0 Å². The zero-order chi connectivity index (χ0) is 5.70. The normalized spacial score (nSPS) is 6.00. The maximum atomic E-state index is 10.1. The predicted octanol–water partition coefficient (Wildman–Crippen LogP) is -2.89. The van der Waals surface area contributed by atoms with Crippen molar-refractivity contribution in [3.8, 4) is 6.19 Å². The van der Waals surface area contributed by atoms with Gasteiger partial charge in [-0.1, -0.05) is 6.92 Å². The molecule has 0 unspecified atom stereocenters. The third-order valence-corrected chi connectivity index (χ3v) is 0.516. The van der Waals surface area contributed by atoms with E-state index in [4.69, 9.17) is 5.26 Å². The number of hydrogen-bond donors (Lipinski definition) is 1. The summed E-state index contributed by atoms with van der Waals surface area (Å²) in [6.07, 6.45) is 1.89. The second kappa shape index (κ2) is 7.60. The molecule has 40 valence electrons. The van der Waals surface area contributed by atoms with Gasteiger partial charge in [0.15, 0.2) is 6.19 Å². The van der Waals surface area contributed by atoms with Crippen LogP contribution in [0.25, 0.3) is 0 Å². The van der Waals surface area contributed by atoms with E-state index < -0.39 is 0 Å². The van der Waals surface area contributed by atoms with Crippen LogP contribution in [-0.2, 0) is 4.79 Å². The Labute approximate surface area is 92.3 Å². The van der Waals surface area contributed by atoms with Gasteiger partial charge in [-0.2, -0.15) is 5.26 Å². The van der Waals surface area contributed by atoms with Crippen molar-refractivity contribution in [1.29, 1.82) is 5.26 Å². The van der Waals surface area contributed by atoms with E-state index >= 15 is 0 Å². The minimum Gasteiger partial charge on any atom is -1.00 e. The molecule has 0 saturated heterocycles. The Bertz CT molecular complexity index is 112. The molecule has 0 bridgehead atoms. The first-order valence-electron chi connectivity index (χ1n) is 1.99. The van der Waals surface area contributed by atoms with Crippen LogP contribution < -0.4 is 56.7 Å². The summed E-state index contributed by atoms with van der Waals surface area (Å²) in [5.41, 5.74) is 0. The van der Waals surface area contributed by atoms with Crippen LogP contribution in [0, 0.1) is 11.5 Å². The van der Waals surface area contributed by atoms with Crippen LogP contribution in [0.3, 0.4) is 0 Å². The molecule has 0 fully saturated rings. The van der Waals surface area contributed by atoms with Gasteiger partial charge >= 0.3 is 51.4 Å². The Balaban J connectivity index is -0.000000180. The molecule has 0 aromatic carbocycles. The van der Waals surface area contributed by atoms with Crippen LogP contribution in [0.15, 0.2) is 0 Å². The summed E-state index contributed by atoms with van der Waals surface area (Å²) < 4.78 is 0. The molecule has 0 aliphatic carbocycles. The van der Waals surface area contributed by atoms with Gasteiger partial charge in [0.25, 0.3) is 0 Å². The van der Waals surface area contributed by atoms with Gasteiger partial charge in [0.05, 0.1) is 0 Å². The minimum atomic E-state index is -0.234. The van der Waals surface area contributed by atoms with Crippen LogP contribution in [0.2, 0.25) is 0 Å². The van der Waals surface area contributed by atoms with E-state index in [0.717, 1.165) is 0 Å². The van der Waals surface area contributed by atoms with Crippen LogP contribution in [0.1, 0.15) is 14.8 Å². The third-order valence-electron chi connectivity index (χ3n) is 0.516. The van der Waals surface area contributed by atoms with E-state index in [2.05, 4.69) is 0 Å². The third kappa shape index (κ3) is 6.60. The fourth-order valence-electron chi connectivity index (χ4n) is 0.151. The molecule has 0 aliphatic rings. The zero-order valence-electron chi connectivity index (χ0n) is 6.06. The molecule has 8 heavy (non-hydrogen) atoms. The quantitative estimate of drug-likeness (QED) is 0.240. The molecular weight excluding hydrogens is 131 g/mol. The standard InChI is InChI=1S/C4H6N2O.K.H/c1-2-4(7)6-3-5;;/h2H2,1H3,(H,6,7);;/q;+1;-1. The summed E-state index contributed by atoms with van der Waals surface area (Å²) >= 11 is 0. The summed E-state index contributed by atoms with van der Waals surface area (Å²) in [5.74, 6) is -0.234. The number of carbonyl (C=O) groups is 1. The average Bonchev–Trinajstić information content (AvgIpc) is 1.68. The summed E-state index contributed by atoms with van der Waals surface area (Å²) in [5, 5.41) is 9.75. The average molecular weight is 138 g/mol. The van der Waals surface area contributed by atoms with E-state index in [9.17, 15) is 4.79 Å². The van der Waals surface area contributed by atoms with E-state index in [1.165, 1.54) is 6.19 Å². The molecule has 0 radical (unpaired) electrons. The number of carbonyl (C=O) groups excluding carboxylic acids is 1. The number of amides is 1. The minimum absolute atomic E-state index is 0. The van der Waals surface area contributed by atoms with E-state index in [1.54, 1.807) is 6.92 Å². The van der Waals surface area contributed by atoms with Crippen LogP contribution >= 0.6 is 0 Å². The number of nitrogens with zero attached hydrogens (tertiary/aromatic N) is 1. The van der Waals surface area contributed by atoms with Crippen LogP contribution in [0.4, 0.5) is 0 Å². The molecular formula is C4H7KN2O. The monoisotopic (exact) mass is 138 g/mol. The van der Waals surface area contributed by atoms with E-state index in [1.807, 2.05) is 5.32 Å². The van der Waals surface area contributed by atoms with Crippen molar-refractivity contribution in [1.82, 2.24) is 5.32 Å². The summed E-state index contributed by atoms with van der Waals surface area (Å²) in [7, 11) is 0. The Kier molecular flexibility index (Phi) is 10.8. The molecule has 3 nitrogen and oxygen atoms in total. The van der Waals surface area contributed by atoms with Gasteiger partial charge in [-0.25, -0.2) is 0 Å². The molecule has 0 atom stereocenters. The fraction of sp³-hybridized carbons (Fsp3) is 0.500. The van der Waals surface area contributed by atoms with Gasteiger partial charge in [0.2, 0.25) is 5.91 Å². The van der Waals surface area contributed by atoms with Gasteiger partial charge in [-0.3, -0.25) is 10.1 Å². The molecule has 0 rings (SSSR count). The van der Waals surface area contributed by atoms with Crippen LogP contribution in [-0.4, -0.2) is 5.91 Å². The van der Waals surface area contributed by atoms with Crippen molar-refractivity contribution < 1.29 is 57.6 Å². The second-order valence-corrected chi connectivity index (χ2v) is 1.01. The second-order valence-electron chi connectivity index (χ2n) is 1.01. The van der Waals surface area contributed by atoms with Crippen molar-refractivity contribution in [2.75, 3.05) is 0 Å². The predicted molar refractivity (Wildman–Crippen MR) is 25.2 cm³/mol. The Morgan fingerprint density at radius 2 is 2.50 bits per heavy atom. The summed E-state index contributed by atoms with van der Waals surface area (Å²) in [6, 6.07) is 0. The topological polar surface area (TPSA) is 52.9 Å². The molecule has 0 saturated carbocycles.